The van der Waals surface area contributed by atoms with Gasteiger partial charge in [0, 0.05) is 26.2 Å². The second-order valence-electron chi connectivity index (χ2n) is 3.56. The van der Waals surface area contributed by atoms with E-state index in [1.807, 2.05) is 6.55 Å². The van der Waals surface area contributed by atoms with Crippen LogP contribution in [0.5, 0.6) is 0 Å². The summed E-state index contributed by atoms with van der Waals surface area (Å²) in [6, 6.07) is 0.834. The Morgan fingerprint density at radius 3 is 1.79 bits per heavy atom. The Bertz CT molecular complexity index is 223. The van der Waals surface area contributed by atoms with E-state index in [1.165, 1.54) is 0 Å². The van der Waals surface area contributed by atoms with E-state index >= 15 is 0 Å². The molecule has 0 radical (unpaired) electrons. The van der Waals surface area contributed by atoms with Gasteiger partial charge in [-0.05, 0) is 0 Å². The van der Waals surface area contributed by atoms with Crippen molar-refractivity contribution in [3.63, 3.8) is 0 Å². The molecule has 0 spiro atoms. The van der Waals surface area contributed by atoms with Crippen LogP contribution in [0.25, 0.3) is 0 Å². The zero-order chi connectivity index (χ0) is 11.2. The molecule has 2 amide bonds. The number of nitrogens with one attached hydrogen (secondary N) is 2. The Morgan fingerprint density at radius 2 is 1.57 bits per heavy atom. The Kier molecular flexibility index (Phi) is 5.15. The standard InChI is InChI=1S/C9H18N2O2Si/c1-5-14(4,6-8(12)10-2)7-9(13)11-3/h5H,1,6-7H2,2-4H3,(H,10,12)(H,11,13). The summed E-state index contributed by atoms with van der Waals surface area (Å²) in [5.41, 5.74) is 1.79. The van der Waals surface area contributed by atoms with Crippen LogP contribution in [0, 0.1) is 0 Å². The summed E-state index contributed by atoms with van der Waals surface area (Å²) in [5.74, 6) is -0.0501. The van der Waals surface area contributed by atoms with Gasteiger partial charge < -0.3 is 10.6 Å². The molecule has 2 N–H and O–H groups in total. The highest BCUT2D eigenvalue weighted by Crippen LogP contribution is 2.16. The lowest BCUT2D eigenvalue weighted by atomic mass is 10.7. The molecule has 0 unspecified atom stereocenters. The molecule has 0 aromatic heterocycles. The van der Waals surface area contributed by atoms with Gasteiger partial charge in [-0.15, -0.1) is 12.3 Å². The average molecular weight is 214 g/mol. The maximum atomic E-state index is 11.2. The lowest BCUT2D eigenvalue weighted by molar-refractivity contribution is -0.118. The minimum absolute atomic E-state index is 0.0250. The van der Waals surface area contributed by atoms with Crippen molar-refractivity contribution in [3.8, 4) is 0 Å². The number of rotatable bonds is 5. The van der Waals surface area contributed by atoms with Gasteiger partial charge in [0.2, 0.25) is 11.8 Å². The first-order valence-corrected chi connectivity index (χ1v) is 7.51. The molecular formula is C9H18N2O2Si. The number of carbonyl (C=O) groups is 2. The topological polar surface area (TPSA) is 58.2 Å². The molecule has 80 valence electrons. The van der Waals surface area contributed by atoms with Crippen LogP contribution in [0.1, 0.15) is 0 Å². The van der Waals surface area contributed by atoms with Crippen LogP contribution in [0.2, 0.25) is 18.6 Å². The third-order valence-corrected chi connectivity index (χ3v) is 5.42. The van der Waals surface area contributed by atoms with E-state index in [1.54, 1.807) is 19.8 Å². The normalized spacial score (nSPS) is 10.5. The van der Waals surface area contributed by atoms with Gasteiger partial charge in [0.15, 0.2) is 0 Å². The van der Waals surface area contributed by atoms with Crippen LogP contribution in [0.4, 0.5) is 0 Å². The van der Waals surface area contributed by atoms with Gasteiger partial charge in [-0.25, -0.2) is 0 Å². The van der Waals surface area contributed by atoms with Gasteiger partial charge in [0.1, 0.15) is 0 Å². The molecule has 4 nitrogen and oxygen atoms in total. The van der Waals surface area contributed by atoms with Crippen LogP contribution in [0.15, 0.2) is 12.3 Å². The lowest BCUT2D eigenvalue weighted by Crippen LogP contribution is -2.39. The molecule has 0 bridgehead atoms. The van der Waals surface area contributed by atoms with Crippen LogP contribution in [0.3, 0.4) is 0 Å². The fourth-order valence-electron chi connectivity index (χ4n) is 1.12. The van der Waals surface area contributed by atoms with Crippen molar-refractivity contribution >= 4 is 19.9 Å². The number of hydrogen-bond donors (Lipinski definition) is 2. The SMILES string of the molecule is C=C[Si](C)(CC(=O)NC)CC(=O)NC. The summed E-state index contributed by atoms with van der Waals surface area (Å²) in [5, 5.41) is 5.13. The summed E-state index contributed by atoms with van der Waals surface area (Å²) in [6.07, 6.45) is 0. The number of amides is 2. The fourth-order valence-corrected chi connectivity index (χ4v) is 3.35. The molecule has 0 heterocycles. The van der Waals surface area contributed by atoms with Crippen LogP contribution < -0.4 is 10.6 Å². The smallest absolute Gasteiger partial charge is 0.217 e. The van der Waals surface area contributed by atoms with Gasteiger partial charge in [-0.2, -0.15) is 0 Å². The molecule has 5 heteroatoms. The zero-order valence-electron chi connectivity index (χ0n) is 9.02. The predicted octanol–water partition coefficient (Wildman–Crippen LogP) is 0.282. The van der Waals surface area contributed by atoms with Crippen molar-refractivity contribution in [3.05, 3.63) is 12.3 Å². The molecule has 0 aliphatic heterocycles. The third-order valence-electron chi connectivity index (χ3n) is 2.18. The quantitative estimate of drug-likeness (QED) is 0.646. The Morgan fingerprint density at radius 1 is 1.21 bits per heavy atom. The minimum atomic E-state index is -1.95. The van der Waals surface area contributed by atoms with Crippen molar-refractivity contribution in [2.75, 3.05) is 14.1 Å². The molecule has 0 aromatic carbocycles. The van der Waals surface area contributed by atoms with E-state index in [0.717, 1.165) is 0 Å². The first-order chi connectivity index (χ1) is 6.47. The molecule has 0 aromatic rings. The molecule has 0 saturated carbocycles. The largest absolute Gasteiger partial charge is 0.359 e. The van der Waals surface area contributed by atoms with Gasteiger partial charge in [-0.1, -0.05) is 6.55 Å². The van der Waals surface area contributed by atoms with Gasteiger partial charge >= 0.3 is 0 Å². The third kappa shape index (κ3) is 4.22. The summed E-state index contributed by atoms with van der Waals surface area (Å²) in [7, 11) is 1.24. The highest BCUT2D eigenvalue weighted by Gasteiger charge is 2.28. The Balaban J connectivity index is 4.39. The highest BCUT2D eigenvalue weighted by atomic mass is 28.3. The predicted molar refractivity (Wildman–Crippen MR) is 59.6 cm³/mol. The molecule has 0 aliphatic rings. The van der Waals surface area contributed by atoms with Gasteiger partial charge in [-0.3, -0.25) is 9.59 Å². The highest BCUT2D eigenvalue weighted by molar-refractivity contribution is 6.87. The molecular weight excluding hydrogens is 196 g/mol. The number of carbonyl (C=O) groups excluding carboxylic acids is 2. The maximum absolute atomic E-state index is 11.2. The van der Waals surface area contributed by atoms with E-state index < -0.39 is 8.07 Å². The first-order valence-electron chi connectivity index (χ1n) is 4.52. The molecule has 0 saturated heterocycles. The summed E-state index contributed by atoms with van der Waals surface area (Å²) < 4.78 is 0. The van der Waals surface area contributed by atoms with Crippen LogP contribution in [-0.2, 0) is 9.59 Å². The van der Waals surface area contributed by atoms with Crippen molar-refractivity contribution < 1.29 is 9.59 Å². The summed E-state index contributed by atoms with van der Waals surface area (Å²) in [6.45, 7) is 5.69. The van der Waals surface area contributed by atoms with Crippen molar-refractivity contribution in [2.45, 2.75) is 18.6 Å². The monoisotopic (exact) mass is 214 g/mol. The van der Waals surface area contributed by atoms with Crippen molar-refractivity contribution in [1.82, 2.24) is 10.6 Å². The summed E-state index contributed by atoms with van der Waals surface area (Å²) in [4.78, 5) is 22.4. The van der Waals surface area contributed by atoms with E-state index in [0.29, 0.717) is 12.1 Å². The maximum Gasteiger partial charge on any atom is 0.217 e. The van der Waals surface area contributed by atoms with Crippen molar-refractivity contribution in [2.24, 2.45) is 0 Å². The van der Waals surface area contributed by atoms with Gasteiger partial charge in [0.05, 0.1) is 8.07 Å². The number of hydrogen-bond acceptors (Lipinski definition) is 2. The molecule has 0 atom stereocenters. The minimum Gasteiger partial charge on any atom is -0.359 e. The first kappa shape index (κ1) is 12.9. The van der Waals surface area contributed by atoms with Gasteiger partial charge in [0.25, 0.3) is 0 Å². The van der Waals surface area contributed by atoms with Crippen molar-refractivity contribution in [1.29, 1.82) is 0 Å². The second kappa shape index (κ2) is 5.59. The van der Waals surface area contributed by atoms with E-state index in [9.17, 15) is 9.59 Å². The van der Waals surface area contributed by atoms with E-state index in [-0.39, 0.29) is 11.8 Å². The zero-order valence-corrected chi connectivity index (χ0v) is 10.0. The lowest BCUT2D eigenvalue weighted by Gasteiger charge is -2.20. The summed E-state index contributed by atoms with van der Waals surface area (Å²) >= 11 is 0. The molecule has 0 fully saturated rings. The average Bonchev–Trinajstić information content (AvgIpc) is 2.17. The van der Waals surface area contributed by atoms with E-state index in [4.69, 9.17) is 0 Å². The Hall–Kier alpha value is -1.10. The molecule has 0 aliphatic carbocycles. The molecule has 0 rings (SSSR count). The second-order valence-corrected chi connectivity index (χ2v) is 7.98. The van der Waals surface area contributed by atoms with Crippen LogP contribution >= 0.6 is 0 Å². The Labute approximate surface area is 85.8 Å². The van der Waals surface area contributed by atoms with Crippen LogP contribution in [-0.4, -0.2) is 34.0 Å². The fraction of sp³-hybridized carbons (Fsp3) is 0.556. The molecule has 14 heavy (non-hydrogen) atoms. The van der Waals surface area contributed by atoms with E-state index in [2.05, 4.69) is 17.2 Å².